The van der Waals surface area contributed by atoms with Crippen LogP contribution in [-0.2, 0) is 28.8 Å². The number of nitrogens with zero attached hydrogens (tertiary/aromatic N) is 2. The first kappa shape index (κ1) is 38.4. The second-order valence-corrected chi connectivity index (χ2v) is 15.8. The predicted molar refractivity (Wildman–Crippen MR) is 191 cm³/mol. The summed E-state index contributed by atoms with van der Waals surface area (Å²) in [6, 6.07) is 0.428. The molecule has 3 fully saturated rings. The summed E-state index contributed by atoms with van der Waals surface area (Å²) in [6.07, 6.45) is 5.33. The number of carbonyl (C=O) groups is 5. The largest absolute Gasteiger partial charge is 0.492 e. The molecule has 14 heteroatoms. The van der Waals surface area contributed by atoms with Crippen molar-refractivity contribution in [2.75, 3.05) is 13.2 Å². The Morgan fingerprint density at radius 2 is 1.78 bits per heavy atom. The second-order valence-electron chi connectivity index (χ2n) is 15.4. The Morgan fingerprint density at radius 3 is 2.39 bits per heavy atom. The Hall–Kier alpha value is -3.87. The van der Waals surface area contributed by atoms with Crippen LogP contribution in [0.15, 0.2) is 17.3 Å². The van der Waals surface area contributed by atoms with Gasteiger partial charge in [-0.25, -0.2) is 4.79 Å². The summed E-state index contributed by atoms with van der Waals surface area (Å²) in [7, 11) is 0. The van der Waals surface area contributed by atoms with Gasteiger partial charge in [0.15, 0.2) is 5.60 Å². The van der Waals surface area contributed by atoms with Gasteiger partial charge in [0.05, 0.1) is 29.9 Å². The van der Waals surface area contributed by atoms with Gasteiger partial charge in [0.2, 0.25) is 17.6 Å². The van der Waals surface area contributed by atoms with Gasteiger partial charge in [0, 0.05) is 24.4 Å². The lowest BCUT2D eigenvalue weighted by Gasteiger charge is -2.35. The maximum Gasteiger partial charge on any atom is 0.408 e. The minimum absolute atomic E-state index is 0.0127. The molecule has 1 saturated heterocycles. The highest BCUT2D eigenvalue weighted by atomic mass is 35.5. The molecule has 5 rings (SSSR count). The number of rotatable bonds is 13. The van der Waals surface area contributed by atoms with Gasteiger partial charge in [0.1, 0.15) is 23.9 Å². The van der Waals surface area contributed by atoms with Crippen LogP contribution in [0.2, 0.25) is 5.02 Å². The zero-order valence-electron chi connectivity index (χ0n) is 30.6. The highest BCUT2D eigenvalue weighted by Crippen LogP contribution is 2.41. The van der Waals surface area contributed by atoms with Crippen molar-refractivity contribution >= 4 is 46.9 Å². The SMILES string of the molecule is CCC[C@H](NC(=O)[C@@H]1C[C@]2(CC(c3cc(C)c(OCC)c(Cl)c3)=NO2)CN1C(=O)[C@@H](NC(=O)OC1CCCC1)C(C)(C)C)C(=O)C(=O)NC1CC1. The lowest BCUT2D eigenvalue weighted by Crippen LogP contribution is -2.59. The highest BCUT2D eigenvalue weighted by Gasteiger charge is 2.56. The van der Waals surface area contributed by atoms with E-state index in [1.807, 2.05) is 47.6 Å². The lowest BCUT2D eigenvalue weighted by atomic mass is 9.85. The first-order valence-corrected chi connectivity index (χ1v) is 18.6. The monoisotopic (exact) mass is 729 g/mol. The van der Waals surface area contributed by atoms with Crippen molar-refractivity contribution in [2.24, 2.45) is 10.6 Å². The number of Topliss-reactive ketones (excluding diaryl/α,β-unsaturated/α-hetero) is 1. The molecule has 2 aliphatic carbocycles. The number of benzene rings is 1. The lowest BCUT2D eigenvalue weighted by molar-refractivity contribution is -0.144. The summed E-state index contributed by atoms with van der Waals surface area (Å²) >= 11 is 6.57. The summed E-state index contributed by atoms with van der Waals surface area (Å²) < 4.78 is 11.3. The van der Waals surface area contributed by atoms with Crippen molar-refractivity contribution in [1.29, 1.82) is 0 Å². The van der Waals surface area contributed by atoms with Gasteiger partial charge < -0.3 is 35.2 Å². The number of alkyl carbamates (subject to hydrolysis) is 1. The van der Waals surface area contributed by atoms with Crippen molar-refractivity contribution < 1.29 is 38.3 Å². The maximum atomic E-state index is 14.6. The molecule has 2 aliphatic heterocycles. The number of ketones is 1. The molecular weight excluding hydrogens is 678 g/mol. The molecule has 0 bridgehead atoms. The number of hydrogen-bond acceptors (Lipinski definition) is 9. The van der Waals surface area contributed by atoms with Crippen LogP contribution in [0.4, 0.5) is 4.79 Å². The molecule has 280 valence electrons. The van der Waals surface area contributed by atoms with Crippen LogP contribution in [0, 0.1) is 12.3 Å². The van der Waals surface area contributed by atoms with Gasteiger partial charge in [-0.05, 0) is 81.9 Å². The number of carbonyl (C=O) groups excluding carboxylic acids is 5. The summed E-state index contributed by atoms with van der Waals surface area (Å²) in [4.78, 5) is 75.3. The number of hydrogen-bond donors (Lipinski definition) is 3. The molecule has 1 aromatic rings. The topological polar surface area (TPSA) is 165 Å². The van der Waals surface area contributed by atoms with E-state index < -0.39 is 58.7 Å². The fourth-order valence-electron chi connectivity index (χ4n) is 7.10. The summed E-state index contributed by atoms with van der Waals surface area (Å²) in [5.74, 6) is -1.96. The minimum atomic E-state index is -1.09. The van der Waals surface area contributed by atoms with Crippen molar-refractivity contribution in [3.63, 3.8) is 0 Å². The van der Waals surface area contributed by atoms with Gasteiger partial charge in [-0.15, -0.1) is 0 Å². The summed E-state index contributed by atoms with van der Waals surface area (Å²) in [6.45, 7) is 11.5. The zero-order valence-corrected chi connectivity index (χ0v) is 31.3. The molecule has 2 heterocycles. The van der Waals surface area contributed by atoms with Crippen molar-refractivity contribution in [2.45, 2.75) is 142 Å². The van der Waals surface area contributed by atoms with E-state index in [0.717, 1.165) is 49.7 Å². The van der Waals surface area contributed by atoms with E-state index >= 15 is 0 Å². The average molecular weight is 730 g/mol. The standard InChI is InChI=1S/C37H52ClN5O8/c1-7-11-26(29(44)33(46)39-23-14-15-23)40-32(45)28-19-37(18-27(42-51-37)22-16-21(3)30(49-8-2)25(38)17-22)20-43(28)34(47)31(36(4,5)6)41-35(48)50-24-12-9-10-13-24/h16-17,23-24,26,28,31H,7-15,18-20H2,1-6H3,(H,39,46)(H,40,45)(H,41,48)/t26-,28-,31+,37+/m0/s1. The first-order valence-electron chi connectivity index (χ1n) is 18.3. The first-order chi connectivity index (χ1) is 24.1. The molecular formula is C37H52ClN5O8. The Kier molecular flexibility index (Phi) is 11.9. The third-order valence-corrected chi connectivity index (χ3v) is 10.3. The van der Waals surface area contributed by atoms with Gasteiger partial charge in [-0.1, -0.05) is 50.9 Å². The quantitative estimate of drug-likeness (QED) is 0.246. The highest BCUT2D eigenvalue weighted by molar-refractivity contribution is 6.38. The molecule has 2 saturated carbocycles. The molecule has 4 amide bonds. The number of amides is 4. The molecule has 0 radical (unpaired) electrons. The Balaban J connectivity index is 1.40. The van der Waals surface area contributed by atoms with E-state index in [2.05, 4.69) is 21.1 Å². The van der Waals surface area contributed by atoms with Crippen LogP contribution in [0.3, 0.4) is 0 Å². The van der Waals surface area contributed by atoms with Crippen LogP contribution in [-0.4, -0.2) is 89.2 Å². The van der Waals surface area contributed by atoms with E-state index in [1.165, 1.54) is 4.90 Å². The third kappa shape index (κ3) is 9.14. The minimum Gasteiger partial charge on any atom is -0.492 e. The zero-order chi connectivity index (χ0) is 37.1. The predicted octanol–water partition coefficient (Wildman–Crippen LogP) is 4.73. The second kappa shape index (κ2) is 15.8. The van der Waals surface area contributed by atoms with E-state index in [9.17, 15) is 24.0 Å². The van der Waals surface area contributed by atoms with E-state index in [1.54, 1.807) is 6.07 Å². The molecule has 1 spiro atoms. The van der Waals surface area contributed by atoms with Crippen LogP contribution < -0.4 is 20.7 Å². The Bertz CT molecular complexity index is 1530. The Morgan fingerprint density at radius 1 is 1.08 bits per heavy atom. The van der Waals surface area contributed by atoms with E-state index in [0.29, 0.717) is 29.5 Å². The summed E-state index contributed by atoms with van der Waals surface area (Å²) in [5, 5.41) is 13.1. The fraction of sp³-hybridized carbons (Fsp3) is 0.676. The Labute approximate surface area is 304 Å². The summed E-state index contributed by atoms with van der Waals surface area (Å²) in [5.41, 5.74) is 0.302. The number of oxime groups is 1. The van der Waals surface area contributed by atoms with Crippen LogP contribution >= 0.6 is 11.6 Å². The number of ether oxygens (including phenoxy) is 2. The molecule has 51 heavy (non-hydrogen) atoms. The van der Waals surface area contributed by atoms with E-state index in [-0.39, 0.29) is 38.0 Å². The van der Waals surface area contributed by atoms with Gasteiger partial charge in [-0.3, -0.25) is 19.2 Å². The van der Waals surface area contributed by atoms with Crippen molar-refractivity contribution in [3.8, 4) is 5.75 Å². The number of likely N-dealkylation sites (tertiary alicyclic amines) is 1. The third-order valence-electron chi connectivity index (χ3n) is 9.97. The normalized spacial score (nSPS) is 22.9. The molecule has 3 N–H and O–H groups in total. The van der Waals surface area contributed by atoms with Crippen LogP contribution in [0.1, 0.15) is 110 Å². The van der Waals surface area contributed by atoms with E-state index in [4.69, 9.17) is 25.9 Å². The molecule has 0 aromatic heterocycles. The van der Waals surface area contributed by atoms with Gasteiger partial charge in [0.25, 0.3) is 5.91 Å². The number of halogens is 1. The molecule has 4 aliphatic rings. The molecule has 4 atom stereocenters. The van der Waals surface area contributed by atoms with Crippen LogP contribution in [0.5, 0.6) is 5.75 Å². The maximum absolute atomic E-state index is 14.6. The molecule has 13 nitrogen and oxygen atoms in total. The molecule has 0 unspecified atom stereocenters. The van der Waals surface area contributed by atoms with Gasteiger partial charge in [-0.2, -0.15) is 0 Å². The van der Waals surface area contributed by atoms with Crippen molar-refractivity contribution in [3.05, 3.63) is 28.3 Å². The molecule has 1 aromatic carbocycles. The van der Waals surface area contributed by atoms with Gasteiger partial charge >= 0.3 is 6.09 Å². The number of aryl methyl sites for hydroxylation is 1. The average Bonchev–Trinajstić information content (AvgIpc) is 3.42. The van der Waals surface area contributed by atoms with Crippen molar-refractivity contribution in [1.82, 2.24) is 20.9 Å². The number of nitrogens with one attached hydrogen (secondary N) is 3. The smallest absolute Gasteiger partial charge is 0.408 e. The van der Waals surface area contributed by atoms with Crippen LogP contribution in [0.25, 0.3) is 0 Å². The fourth-order valence-corrected chi connectivity index (χ4v) is 7.42.